The molecular formula is C30H36NO2+. The number of hydrogen-bond donors (Lipinski definition) is 1. The van der Waals surface area contributed by atoms with Crippen LogP contribution in [0.4, 0.5) is 0 Å². The Kier molecular flexibility index (Phi) is 6.38. The van der Waals surface area contributed by atoms with Crippen molar-refractivity contribution < 1.29 is 14.3 Å². The molecule has 3 aromatic rings. The third-order valence-corrected chi connectivity index (χ3v) is 8.20. The highest BCUT2D eigenvalue weighted by molar-refractivity contribution is 5.40. The highest BCUT2D eigenvalue weighted by Crippen LogP contribution is 2.58. The van der Waals surface area contributed by atoms with Crippen molar-refractivity contribution >= 4 is 0 Å². The summed E-state index contributed by atoms with van der Waals surface area (Å²) in [5, 5.41) is 12.5. The van der Waals surface area contributed by atoms with Crippen LogP contribution in [-0.4, -0.2) is 42.4 Å². The fourth-order valence-electron chi connectivity index (χ4n) is 6.43. The minimum atomic E-state index is -0.940. The monoisotopic (exact) mass is 442 g/mol. The fraction of sp³-hybridized carbons (Fsp3) is 0.400. The number of nitrogens with zero attached hydrogens (tertiary/aromatic N) is 1. The van der Waals surface area contributed by atoms with Crippen LogP contribution in [0.1, 0.15) is 42.4 Å². The van der Waals surface area contributed by atoms with Gasteiger partial charge in [0.25, 0.3) is 0 Å². The summed E-state index contributed by atoms with van der Waals surface area (Å²) in [7, 11) is 0. The number of unbranched alkanes of at least 4 members (excludes halogenated alkanes) is 1. The van der Waals surface area contributed by atoms with Gasteiger partial charge in [0.15, 0.2) is 0 Å². The largest absolute Gasteiger partial charge is 0.380 e. The summed E-state index contributed by atoms with van der Waals surface area (Å²) < 4.78 is 7.06. The molecule has 0 unspecified atom stereocenters. The van der Waals surface area contributed by atoms with E-state index in [-0.39, 0.29) is 5.41 Å². The van der Waals surface area contributed by atoms with Crippen LogP contribution < -0.4 is 0 Å². The molecule has 5 rings (SSSR count). The Morgan fingerprint density at radius 2 is 1.30 bits per heavy atom. The van der Waals surface area contributed by atoms with E-state index in [1.165, 1.54) is 31.6 Å². The van der Waals surface area contributed by atoms with Crippen molar-refractivity contribution in [2.45, 2.75) is 37.9 Å². The van der Waals surface area contributed by atoms with E-state index in [1.54, 1.807) is 0 Å². The summed E-state index contributed by atoms with van der Waals surface area (Å²) in [6.45, 7) is 6.12. The molecule has 0 saturated carbocycles. The second-order valence-electron chi connectivity index (χ2n) is 10.1. The summed E-state index contributed by atoms with van der Waals surface area (Å²) in [5.41, 5.74) is 2.27. The quantitative estimate of drug-likeness (QED) is 0.330. The topological polar surface area (TPSA) is 29.5 Å². The molecule has 2 fully saturated rings. The lowest BCUT2D eigenvalue weighted by Gasteiger charge is -2.42. The molecule has 0 spiro atoms. The molecule has 2 heterocycles. The lowest BCUT2D eigenvalue weighted by atomic mass is 9.63. The van der Waals surface area contributed by atoms with E-state index < -0.39 is 5.60 Å². The Labute approximate surface area is 198 Å². The number of hydrogen-bond acceptors (Lipinski definition) is 2. The summed E-state index contributed by atoms with van der Waals surface area (Å²) in [6, 6.07) is 31.1. The van der Waals surface area contributed by atoms with Crippen LogP contribution >= 0.6 is 0 Å². The smallest absolute Gasteiger partial charge is 0.126 e. The predicted molar refractivity (Wildman–Crippen MR) is 133 cm³/mol. The molecule has 3 heteroatoms. The molecule has 2 bridgehead atoms. The molecule has 3 nitrogen and oxygen atoms in total. The lowest BCUT2D eigenvalue weighted by Crippen LogP contribution is -2.47. The van der Waals surface area contributed by atoms with Crippen molar-refractivity contribution in [3.63, 3.8) is 0 Å². The number of quaternary nitrogens is 1. The minimum Gasteiger partial charge on any atom is -0.380 e. The average molecular weight is 443 g/mol. The predicted octanol–water partition coefficient (Wildman–Crippen LogP) is 5.53. The van der Waals surface area contributed by atoms with Crippen molar-refractivity contribution in [3.8, 4) is 0 Å². The van der Waals surface area contributed by atoms with E-state index in [4.69, 9.17) is 4.74 Å². The zero-order chi connectivity index (χ0) is 22.6. The summed E-state index contributed by atoms with van der Waals surface area (Å²) in [6.07, 6.45) is 4.44. The van der Waals surface area contributed by atoms with E-state index in [2.05, 4.69) is 72.8 Å². The van der Waals surface area contributed by atoms with Gasteiger partial charge in [0.2, 0.25) is 0 Å². The first-order chi connectivity index (χ1) is 16.2. The molecule has 0 atom stereocenters. The van der Waals surface area contributed by atoms with Crippen molar-refractivity contribution in [1.82, 2.24) is 0 Å². The molecule has 0 aliphatic carbocycles. The zero-order valence-corrected chi connectivity index (χ0v) is 19.5. The van der Waals surface area contributed by atoms with E-state index in [0.717, 1.165) is 48.0 Å². The molecule has 1 N–H and O–H groups in total. The van der Waals surface area contributed by atoms with Gasteiger partial charge in [-0.2, -0.15) is 0 Å². The van der Waals surface area contributed by atoms with Crippen molar-refractivity contribution in [2.24, 2.45) is 5.41 Å². The van der Waals surface area contributed by atoms with Gasteiger partial charge < -0.3 is 14.3 Å². The number of benzene rings is 3. The van der Waals surface area contributed by atoms with Crippen molar-refractivity contribution in [1.29, 1.82) is 0 Å². The molecule has 2 aliphatic heterocycles. The fourth-order valence-corrected chi connectivity index (χ4v) is 6.43. The Hall–Kier alpha value is -2.46. The van der Waals surface area contributed by atoms with Gasteiger partial charge in [0.05, 0.1) is 38.2 Å². The molecule has 0 radical (unpaired) electrons. The molecule has 2 saturated heterocycles. The maximum Gasteiger partial charge on any atom is 0.126 e. The third-order valence-electron chi connectivity index (χ3n) is 8.20. The molecule has 0 aromatic heterocycles. The Balaban J connectivity index is 1.24. The van der Waals surface area contributed by atoms with Gasteiger partial charge in [-0.1, -0.05) is 91.0 Å². The zero-order valence-electron chi connectivity index (χ0n) is 19.5. The van der Waals surface area contributed by atoms with Crippen molar-refractivity contribution in [3.05, 3.63) is 108 Å². The number of piperidine rings is 1. The lowest BCUT2D eigenvalue weighted by molar-refractivity contribution is -0.909. The number of rotatable bonds is 10. The Morgan fingerprint density at radius 3 is 1.88 bits per heavy atom. The highest BCUT2D eigenvalue weighted by Gasteiger charge is 2.65. The van der Waals surface area contributed by atoms with Crippen molar-refractivity contribution in [2.75, 3.05) is 32.8 Å². The van der Waals surface area contributed by atoms with Crippen LogP contribution in [0.3, 0.4) is 0 Å². The molecule has 172 valence electrons. The van der Waals surface area contributed by atoms with E-state index >= 15 is 0 Å². The molecule has 2 aliphatic rings. The highest BCUT2D eigenvalue weighted by atomic mass is 16.5. The van der Waals surface area contributed by atoms with Gasteiger partial charge in [-0.25, -0.2) is 0 Å². The number of ether oxygens (including phenoxy) is 1. The van der Waals surface area contributed by atoms with E-state index in [0.29, 0.717) is 6.61 Å². The van der Waals surface area contributed by atoms with Crippen LogP contribution in [0.2, 0.25) is 0 Å². The first-order valence-electron chi connectivity index (χ1n) is 12.5. The second-order valence-corrected chi connectivity index (χ2v) is 10.1. The molecular weight excluding hydrogens is 406 g/mol. The molecule has 3 aromatic carbocycles. The summed E-state index contributed by atoms with van der Waals surface area (Å²) in [5.74, 6) is 0. The van der Waals surface area contributed by atoms with Gasteiger partial charge >= 0.3 is 0 Å². The van der Waals surface area contributed by atoms with Crippen LogP contribution in [-0.2, 0) is 16.9 Å². The van der Waals surface area contributed by atoms with Crippen LogP contribution in [0.5, 0.6) is 0 Å². The van der Waals surface area contributed by atoms with Crippen LogP contribution in [0.25, 0.3) is 0 Å². The first kappa shape index (κ1) is 22.3. The second kappa shape index (κ2) is 9.42. The van der Waals surface area contributed by atoms with Crippen LogP contribution in [0, 0.1) is 5.41 Å². The normalized spacial score (nSPS) is 24.3. The standard InChI is InChI=1S/C30H36NO2/c32-30(27-14-6-2-7-15-27,28-16-8-3-9-17-28)29-18-21-31(25-29,22-19-29)20-10-11-23-33-24-26-12-4-1-5-13-26/h1-9,12-17,32H,10-11,18-25H2/q+1. The third kappa shape index (κ3) is 4.26. The first-order valence-corrected chi connectivity index (χ1v) is 12.5. The van der Waals surface area contributed by atoms with Gasteiger partial charge in [0.1, 0.15) is 5.60 Å². The van der Waals surface area contributed by atoms with Gasteiger partial charge in [0, 0.05) is 19.4 Å². The molecule has 33 heavy (non-hydrogen) atoms. The maximum absolute atomic E-state index is 12.5. The van der Waals surface area contributed by atoms with E-state index in [1.807, 2.05) is 18.2 Å². The summed E-state index contributed by atoms with van der Waals surface area (Å²) in [4.78, 5) is 0. The maximum atomic E-state index is 12.5. The minimum absolute atomic E-state index is 0.0977. The Bertz CT molecular complexity index is 971. The summed E-state index contributed by atoms with van der Waals surface area (Å²) >= 11 is 0. The van der Waals surface area contributed by atoms with Gasteiger partial charge in [-0.15, -0.1) is 0 Å². The van der Waals surface area contributed by atoms with E-state index in [9.17, 15) is 5.11 Å². The number of fused-ring (bicyclic) bond motifs is 2. The van der Waals surface area contributed by atoms with Gasteiger partial charge in [-0.3, -0.25) is 0 Å². The Morgan fingerprint density at radius 1 is 0.758 bits per heavy atom. The number of aliphatic hydroxyl groups is 1. The van der Waals surface area contributed by atoms with Crippen LogP contribution in [0.15, 0.2) is 91.0 Å². The van der Waals surface area contributed by atoms with Gasteiger partial charge in [-0.05, 0) is 29.5 Å². The SMILES string of the molecule is OC(c1ccccc1)(c1ccccc1)C12CC[N+](CCCCOCc3ccccc3)(CC1)C2. The molecule has 0 amide bonds. The average Bonchev–Trinajstić information content (AvgIpc) is 3.45.